The van der Waals surface area contributed by atoms with Crippen LogP contribution in [0, 0.1) is 0 Å². The lowest BCUT2D eigenvalue weighted by atomic mass is 10.4. The fourth-order valence-electron chi connectivity index (χ4n) is 1.12. The average molecular weight is 256 g/mol. The van der Waals surface area contributed by atoms with Crippen LogP contribution in [0.2, 0.25) is 0 Å². The molecule has 6 heteroatoms. The summed E-state index contributed by atoms with van der Waals surface area (Å²) in [6.45, 7) is 5.12. The molecule has 1 aromatic heterocycles. The lowest BCUT2D eigenvalue weighted by molar-refractivity contribution is 0.373. The first kappa shape index (κ1) is 14.0. The summed E-state index contributed by atoms with van der Waals surface area (Å²) in [6, 6.07) is 0.373. The Labute approximate surface area is 107 Å². The minimum absolute atomic E-state index is 0.373. The summed E-state index contributed by atoms with van der Waals surface area (Å²) >= 11 is 1.64. The number of nitrogens with zero attached hydrogens (tertiary/aromatic N) is 3. The quantitative estimate of drug-likeness (QED) is 0.570. The highest BCUT2D eigenvalue weighted by molar-refractivity contribution is 7.99. The van der Waals surface area contributed by atoms with E-state index in [-0.39, 0.29) is 0 Å². The zero-order chi connectivity index (χ0) is 12.5. The molecule has 0 amide bonds. The number of ether oxygens (including phenoxy) is 1. The highest BCUT2D eigenvalue weighted by Gasteiger charge is 2.06. The van der Waals surface area contributed by atoms with Gasteiger partial charge in [0.05, 0.1) is 7.11 Å². The van der Waals surface area contributed by atoms with E-state index in [9.17, 15) is 0 Å². The number of thioether (sulfide) groups is 1. The Kier molecular flexibility index (Phi) is 6.69. The standard InChI is InChI=1S/C11H20N4OS/c1-4-6-8-17-11-14-9(12-7-5-2)13-10(15-11)16-3/h4-8H2,1-3H3,(H,12,13,14,15). The topological polar surface area (TPSA) is 59.9 Å². The molecule has 0 atom stereocenters. The van der Waals surface area contributed by atoms with E-state index < -0.39 is 0 Å². The number of unbranched alkanes of at least 4 members (excludes halogenated alkanes) is 1. The molecule has 0 fully saturated rings. The van der Waals surface area contributed by atoms with Gasteiger partial charge in [0.15, 0.2) is 5.16 Å². The van der Waals surface area contributed by atoms with Crippen molar-refractivity contribution in [2.45, 2.75) is 38.3 Å². The summed E-state index contributed by atoms with van der Waals surface area (Å²) in [5.41, 5.74) is 0. The maximum atomic E-state index is 5.07. The first-order valence-electron chi connectivity index (χ1n) is 5.96. The van der Waals surface area contributed by atoms with Crippen molar-refractivity contribution in [3.05, 3.63) is 0 Å². The molecule has 0 unspecified atom stereocenters. The van der Waals surface area contributed by atoms with Crippen LogP contribution < -0.4 is 10.1 Å². The van der Waals surface area contributed by atoms with E-state index in [0.717, 1.165) is 30.3 Å². The second-order valence-corrected chi connectivity index (χ2v) is 4.62. The van der Waals surface area contributed by atoms with Crippen molar-refractivity contribution >= 4 is 17.7 Å². The zero-order valence-corrected chi connectivity index (χ0v) is 11.5. The fourth-order valence-corrected chi connectivity index (χ4v) is 2.03. The third-order valence-corrected chi connectivity index (χ3v) is 2.97. The summed E-state index contributed by atoms with van der Waals surface area (Å²) in [4.78, 5) is 12.7. The van der Waals surface area contributed by atoms with E-state index in [2.05, 4.69) is 34.1 Å². The predicted octanol–water partition coefficient (Wildman–Crippen LogP) is 2.59. The van der Waals surface area contributed by atoms with Gasteiger partial charge < -0.3 is 10.1 Å². The van der Waals surface area contributed by atoms with Gasteiger partial charge in [0.25, 0.3) is 0 Å². The van der Waals surface area contributed by atoms with Crippen LogP contribution in [0.1, 0.15) is 33.1 Å². The Hall–Kier alpha value is -1.04. The lowest BCUT2D eigenvalue weighted by Gasteiger charge is -2.06. The Morgan fingerprint density at radius 2 is 2.00 bits per heavy atom. The Morgan fingerprint density at radius 3 is 2.65 bits per heavy atom. The van der Waals surface area contributed by atoms with Crippen LogP contribution in [0.15, 0.2) is 5.16 Å². The molecule has 0 saturated carbocycles. The average Bonchev–Trinajstić information content (AvgIpc) is 2.36. The monoisotopic (exact) mass is 256 g/mol. The number of nitrogens with one attached hydrogen (secondary N) is 1. The van der Waals surface area contributed by atoms with Crippen LogP contribution in [0.5, 0.6) is 6.01 Å². The van der Waals surface area contributed by atoms with Crippen LogP contribution in [-0.2, 0) is 0 Å². The van der Waals surface area contributed by atoms with Crippen molar-refractivity contribution in [2.75, 3.05) is 24.7 Å². The number of aromatic nitrogens is 3. The van der Waals surface area contributed by atoms with Gasteiger partial charge >= 0.3 is 6.01 Å². The summed E-state index contributed by atoms with van der Waals surface area (Å²) in [5, 5.41) is 3.87. The lowest BCUT2D eigenvalue weighted by Crippen LogP contribution is -2.07. The molecule has 0 saturated heterocycles. The number of hydrogen-bond donors (Lipinski definition) is 1. The van der Waals surface area contributed by atoms with Gasteiger partial charge in [-0.25, -0.2) is 0 Å². The van der Waals surface area contributed by atoms with Crippen LogP contribution in [0.4, 0.5) is 5.95 Å². The molecule has 1 rings (SSSR count). The van der Waals surface area contributed by atoms with E-state index in [4.69, 9.17) is 4.74 Å². The van der Waals surface area contributed by atoms with Gasteiger partial charge in [0.2, 0.25) is 5.95 Å². The Bertz CT molecular complexity index is 335. The smallest absolute Gasteiger partial charge is 0.321 e. The van der Waals surface area contributed by atoms with Crippen LogP contribution in [0.25, 0.3) is 0 Å². The highest BCUT2D eigenvalue weighted by atomic mass is 32.2. The minimum atomic E-state index is 0.373. The van der Waals surface area contributed by atoms with Gasteiger partial charge in [-0.05, 0) is 12.8 Å². The summed E-state index contributed by atoms with van der Waals surface area (Å²) in [7, 11) is 1.57. The summed E-state index contributed by atoms with van der Waals surface area (Å²) in [6.07, 6.45) is 3.37. The predicted molar refractivity (Wildman–Crippen MR) is 70.8 cm³/mol. The number of anilines is 1. The number of hydrogen-bond acceptors (Lipinski definition) is 6. The molecule has 17 heavy (non-hydrogen) atoms. The van der Waals surface area contributed by atoms with Gasteiger partial charge in [0.1, 0.15) is 0 Å². The second kappa shape index (κ2) is 8.11. The van der Waals surface area contributed by atoms with Crippen LogP contribution >= 0.6 is 11.8 Å². The SMILES string of the molecule is CCCCSc1nc(NCCC)nc(OC)n1. The third kappa shape index (κ3) is 5.21. The Morgan fingerprint density at radius 1 is 1.18 bits per heavy atom. The van der Waals surface area contributed by atoms with Crippen LogP contribution in [0.3, 0.4) is 0 Å². The van der Waals surface area contributed by atoms with E-state index in [0.29, 0.717) is 12.0 Å². The van der Waals surface area contributed by atoms with Crippen molar-refractivity contribution < 1.29 is 4.74 Å². The second-order valence-electron chi connectivity index (χ2n) is 3.56. The molecule has 96 valence electrons. The van der Waals surface area contributed by atoms with Gasteiger partial charge in [0, 0.05) is 12.3 Å². The van der Waals surface area contributed by atoms with Gasteiger partial charge in [-0.2, -0.15) is 15.0 Å². The molecule has 0 spiro atoms. The summed E-state index contributed by atoms with van der Waals surface area (Å²) < 4.78 is 5.07. The first-order chi connectivity index (χ1) is 8.30. The van der Waals surface area contributed by atoms with E-state index in [1.807, 2.05) is 0 Å². The zero-order valence-electron chi connectivity index (χ0n) is 10.7. The fraction of sp³-hybridized carbons (Fsp3) is 0.727. The normalized spacial score (nSPS) is 10.3. The largest absolute Gasteiger partial charge is 0.467 e. The van der Waals surface area contributed by atoms with E-state index >= 15 is 0 Å². The molecular weight excluding hydrogens is 236 g/mol. The summed E-state index contributed by atoms with van der Waals surface area (Å²) in [5.74, 6) is 1.62. The van der Waals surface area contributed by atoms with Crippen LogP contribution in [-0.4, -0.2) is 34.4 Å². The molecule has 0 aromatic carbocycles. The molecule has 1 heterocycles. The van der Waals surface area contributed by atoms with Gasteiger partial charge in [-0.3, -0.25) is 0 Å². The molecule has 1 N–H and O–H groups in total. The molecule has 0 bridgehead atoms. The van der Waals surface area contributed by atoms with Crippen molar-refractivity contribution in [2.24, 2.45) is 0 Å². The maximum absolute atomic E-state index is 5.07. The van der Waals surface area contributed by atoms with Crippen molar-refractivity contribution in [1.29, 1.82) is 0 Å². The van der Waals surface area contributed by atoms with E-state index in [1.165, 1.54) is 6.42 Å². The van der Waals surface area contributed by atoms with Gasteiger partial charge in [-0.1, -0.05) is 32.0 Å². The molecule has 0 aliphatic heterocycles. The minimum Gasteiger partial charge on any atom is -0.467 e. The highest BCUT2D eigenvalue weighted by Crippen LogP contribution is 2.18. The molecular formula is C11H20N4OS. The number of rotatable bonds is 8. The van der Waals surface area contributed by atoms with E-state index in [1.54, 1.807) is 18.9 Å². The maximum Gasteiger partial charge on any atom is 0.321 e. The molecule has 1 aromatic rings. The third-order valence-electron chi connectivity index (χ3n) is 2.04. The molecule has 5 nitrogen and oxygen atoms in total. The Balaban J connectivity index is 2.67. The van der Waals surface area contributed by atoms with Crippen molar-refractivity contribution in [3.8, 4) is 6.01 Å². The van der Waals surface area contributed by atoms with Crippen molar-refractivity contribution in [1.82, 2.24) is 15.0 Å². The molecule has 0 aliphatic rings. The van der Waals surface area contributed by atoms with Crippen molar-refractivity contribution in [3.63, 3.8) is 0 Å². The first-order valence-corrected chi connectivity index (χ1v) is 6.95. The molecule has 0 aliphatic carbocycles. The number of methoxy groups -OCH3 is 1. The van der Waals surface area contributed by atoms with Gasteiger partial charge in [-0.15, -0.1) is 0 Å². The molecule has 0 radical (unpaired) electrons.